The second kappa shape index (κ2) is 5.36. The average molecular weight is 262 g/mol. The van der Waals surface area contributed by atoms with Gasteiger partial charge in [0.25, 0.3) is 0 Å². The van der Waals surface area contributed by atoms with E-state index >= 15 is 0 Å². The number of halogens is 1. The summed E-state index contributed by atoms with van der Waals surface area (Å²) in [6, 6.07) is 7.78. The highest BCUT2D eigenvalue weighted by atomic mass is 35.5. The highest BCUT2D eigenvalue weighted by molar-refractivity contribution is 6.30. The Labute approximate surface area is 112 Å². The minimum absolute atomic E-state index is 0.691. The van der Waals surface area contributed by atoms with Gasteiger partial charge in [-0.15, -0.1) is 0 Å². The van der Waals surface area contributed by atoms with Gasteiger partial charge in [-0.2, -0.15) is 0 Å². The smallest absolute Gasteiger partial charge is 0.135 e. The molecule has 0 saturated heterocycles. The maximum absolute atomic E-state index is 5.97. The predicted molar refractivity (Wildman–Crippen MR) is 75.3 cm³/mol. The van der Waals surface area contributed by atoms with E-state index in [2.05, 4.69) is 15.3 Å². The van der Waals surface area contributed by atoms with Gasteiger partial charge in [0.2, 0.25) is 0 Å². The molecule has 0 saturated carbocycles. The summed E-state index contributed by atoms with van der Waals surface area (Å²) < 4.78 is 0. The van der Waals surface area contributed by atoms with E-state index in [1.807, 2.05) is 45.2 Å². The summed E-state index contributed by atoms with van der Waals surface area (Å²) >= 11 is 5.97. The van der Waals surface area contributed by atoms with E-state index in [1.54, 1.807) is 0 Å². The number of hydrogen-bond donors (Lipinski definition) is 1. The van der Waals surface area contributed by atoms with Gasteiger partial charge in [0.05, 0.1) is 0 Å². The zero-order valence-corrected chi connectivity index (χ0v) is 11.5. The highest BCUT2D eigenvalue weighted by Crippen LogP contribution is 2.17. The van der Waals surface area contributed by atoms with E-state index in [4.69, 9.17) is 11.6 Å². The van der Waals surface area contributed by atoms with Crippen LogP contribution in [0.15, 0.2) is 24.3 Å². The van der Waals surface area contributed by atoms with Crippen LogP contribution in [0.2, 0.25) is 5.02 Å². The number of anilines is 1. The lowest BCUT2D eigenvalue weighted by molar-refractivity contribution is 0.929. The molecule has 0 bridgehead atoms. The number of nitrogens with one attached hydrogen (secondary N) is 1. The van der Waals surface area contributed by atoms with Crippen molar-refractivity contribution in [1.29, 1.82) is 0 Å². The largest absolute Gasteiger partial charge is 0.373 e. The first-order chi connectivity index (χ1) is 8.60. The molecule has 0 aliphatic rings. The van der Waals surface area contributed by atoms with Crippen LogP contribution in [-0.4, -0.2) is 17.0 Å². The van der Waals surface area contributed by atoms with Crippen molar-refractivity contribution in [3.63, 3.8) is 0 Å². The Hall–Kier alpha value is -1.61. The van der Waals surface area contributed by atoms with Crippen LogP contribution < -0.4 is 5.32 Å². The van der Waals surface area contributed by atoms with E-state index in [-0.39, 0.29) is 0 Å². The molecular formula is C14H16ClN3. The quantitative estimate of drug-likeness (QED) is 0.920. The van der Waals surface area contributed by atoms with E-state index in [9.17, 15) is 0 Å². The van der Waals surface area contributed by atoms with Gasteiger partial charge in [-0.1, -0.05) is 23.7 Å². The van der Waals surface area contributed by atoms with Crippen LogP contribution in [0.4, 0.5) is 5.82 Å². The molecule has 0 fully saturated rings. The number of aryl methyl sites for hydroxylation is 1. The van der Waals surface area contributed by atoms with E-state index in [1.165, 1.54) is 0 Å². The first-order valence-corrected chi connectivity index (χ1v) is 6.24. The third kappa shape index (κ3) is 2.79. The van der Waals surface area contributed by atoms with Gasteiger partial charge in [-0.3, -0.25) is 0 Å². The number of aromatic nitrogens is 2. The normalized spacial score (nSPS) is 10.4. The second-order valence-electron chi connectivity index (χ2n) is 4.26. The third-order valence-corrected chi connectivity index (χ3v) is 3.16. The molecule has 0 spiro atoms. The summed E-state index contributed by atoms with van der Waals surface area (Å²) in [6.45, 7) is 4.02. The Morgan fingerprint density at radius 3 is 2.67 bits per heavy atom. The van der Waals surface area contributed by atoms with Crippen molar-refractivity contribution in [2.45, 2.75) is 20.3 Å². The lowest BCUT2D eigenvalue weighted by atomic mass is 10.1. The Kier molecular flexibility index (Phi) is 3.82. The molecule has 1 N–H and O–H groups in total. The van der Waals surface area contributed by atoms with Gasteiger partial charge in [0.15, 0.2) is 0 Å². The molecule has 2 aromatic rings. The van der Waals surface area contributed by atoms with E-state index < -0.39 is 0 Å². The SMILES string of the molecule is CNc1nc(Cc2cccc(Cl)c2)nc(C)c1C. The van der Waals surface area contributed by atoms with Gasteiger partial charge in [0.1, 0.15) is 11.6 Å². The average Bonchev–Trinajstić information content (AvgIpc) is 2.33. The summed E-state index contributed by atoms with van der Waals surface area (Å²) in [5.41, 5.74) is 3.21. The van der Waals surface area contributed by atoms with Crippen molar-refractivity contribution < 1.29 is 0 Å². The molecule has 4 heteroatoms. The van der Waals surface area contributed by atoms with Crippen LogP contribution >= 0.6 is 11.6 Å². The lowest BCUT2D eigenvalue weighted by Gasteiger charge is -2.09. The minimum atomic E-state index is 0.691. The Bertz CT molecular complexity index is 567. The van der Waals surface area contributed by atoms with Crippen LogP contribution in [0.5, 0.6) is 0 Å². The molecule has 1 aromatic carbocycles. The van der Waals surface area contributed by atoms with Crippen LogP contribution in [0.1, 0.15) is 22.6 Å². The lowest BCUT2D eigenvalue weighted by Crippen LogP contribution is -2.05. The topological polar surface area (TPSA) is 37.8 Å². The maximum Gasteiger partial charge on any atom is 0.135 e. The van der Waals surface area contributed by atoms with Crippen molar-refractivity contribution in [2.75, 3.05) is 12.4 Å². The zero-order valence-electron chi connectivity index (χ0n) is 10.8. The molecule has 3 nitrogen and oxygen atoms in total. The van der Waals surface area contributed by atoms with Crippen molar-refractivity contribution in [1.82, 2.24) is 9.97 Å². The van der Waals surface area contributed by atoms with Crippen molar-refractivity contribution >= 4 is 17.4 Å². The van der Waals surface area contributed by atoms with Gasteiger partial charge in [0, 0.05) is 29.7 Å². The van der Waals surface area contributed by atoms with Gasteiger partial charge < -0.3 is 5.32 Å². The molecule has 2 rings (SSSR count). The zero-order chi connectivity index (χ0) is 13.1. The van der Waals surface area contributed by atoms with Crippen molar-refractivity contribution in [3.05, 3.63) is 51.9 Å². The standard InChI is InChI=1S/C14H16ClN3/c1-9-10(2)17-13(18-14(9)16-3)8-11-5-4-6-12(15)7-11/h4-7H,8H2,1-3H3,(H,16,17,18). The molecular weight excluding hydrogens is 246 g/mol. The maximum atomic E-state index is 5.97. The Balaban J connectivity index is 2.32. The monoisotopic (exact) mass is 261 g/mol. The second-order valence-corrected chi connectivity index (χ2v) is 4.69. The van der Waals surface area contributed by atoms with E-state index in [0.29, 0.717) is 6.42 Å². The van der Waals surface area contributed by atoms with E-state index in [0.717, 1.165) is 33.5 Å². The Morgan fingerprint density at radius 2 is 2.00 bits per heavy atom. The highest BCUT2D eigenvalue weighted by Gasteiger charge is 2.07. The van der Waals surface area contributed by atoms with Crippen LogP contribution in [0.3, 0.4) is 0 Å². The third-order valence-electron chi connectivity index (χ3n) is 2.92. The summed E-state index contributed by atoms with van der Waals surface area (Å²) in [5, 5.41) is 3.84. The summed E-state index contributed by atoms with van der Waals surface area (Å²) in [5.74, 6) is 1.70. The summed E-state index contributed by atoms with van der Waals surface area (Å²) in [7, 11) is 1.87. The molecule has 0 radical (unpaired) electrons. The molecule has 94 valence electrons. The van der Waals surface area contributed by atoms with Gasteiger partial charge >= 0.3 is 0 Å². The fourth-order valence-corrected chi connectivity index (χ4v) is 2.05. The molecule has 18 heavy (non-hydrogen) atoms. The summed E-state index contributed by atoms with van der Waals surface area (Å²) in [4.78, 5) is 9.02. The Morgan fingerprint density at radius 1 is 1.22 bits per heavy atom. The predicted octanol–water partition coefficient (Wildman–Crippen LogP) is 3.38. The molecule has 1 aromatic heterocycles. The fraction of sp³-hybridized carbons (Fsp3) is 0.286. The van der Waals surface area contributed by atoms with Crippen molar-refractivity contribution in [3.8, 4) is 0 Å². The van der Waals surface area contributed by atoms with Crippen LogP contribution in [0, 0.1) is 13.8 Å². The number of benzene rings is 1. The molecule has 0 aliphatic carbocycles. The number of nitrogens with zero attached hydrogens (tertiary/aromatic N) is 2. The number of rotatable bonds is 3. The van der Waals surface area contributed by atoms with Gasteiger partial charge in [-0.05, 0) is 31.5 Å². The van der Waals surface area contributed by atoms with Crippen LogP contribution in [-0.2, 0) is 6.42 Å². The van der Waals surface area contributed by atoms with Crippen molar-refractivity contribution in [2.24, 2.45) is 0 Å². The summed E-state index contributed by atoms with van der Waals surface area (Å²) in [6.07, 6.45) is 0.691. The fourth-order valence-electron chi connectivity index (χ4n) is 1.84. The molecule has 0 amide bonds. The molecule has 0 unspecified atom stereocenters. The number of hydrogen-bond acceptors (Lipinski definition) is 3. The first kappa shape index (κ1) is 12.8. The van der Waals surface area contributed by atoms with Crippen LogP contribution in [0.25, 0.3) is 0 Å². The first-order valence-electron chi connectivity index (χ1n) is 5.86. The molecule has 1 heterocycles. The molecule has 0 aliphatic heterocycles. The molecule has 0 atom stereocenters. The minimum Gasteiger partial charge on any atom is -0.373 e. The van der Waals surface area contributed by atoms with Gasteiger partial charge in [-0.25, -0.2) is 9.97 Å².